The molecule has 31 heavy (non-hydrogen) atoms. The maximum absolute atomic E-state index is 12.8. The summed E-state index contributed by atoms with van der Waals surface area (Å²) in [6.45, 7) is 8.48. The Kier molecular flexibility index (Phi) is 5.95. The van der Waals surface area contributed by atoms with Gasteiger partial charge in [0.05, 0.1) is 17.1 Å². The maximum atomic E-state index is 12.8. The quantitative estimate of drug-likeness (QED) is 0.476. The van der Waals surface area contributed by atoms with Gasteiger partial charge in [-0.2, -0.15) is 0 Å². The lowest BCUT2D eigenvalue weighted by Gasteiger charge is -2.05. The number of amides is 1. The van der Waals surface area contributed by atoms with Crippen LogP contribution in [-0.2, 0) is 13.0 Å². The molecule has 0 unspecified atom stereocenters. The van der Waals surface area contributed by atoms with Crippen molar-refractivity contribution in [3.63, 3.8) is 0 Å². The summed E-state index contributed by atoms with van der Waals surface area (Å²) in [5.74, 6) is -0.121. The van der Waals surface area contributed by atoms with Crippen molar-refractivity contribution in [3.05, 3.63) is 81.5 Å². The lowest BCUT2D eigenvalue weighted by Crippen LogP contribution is -2.22. The number of aromatic nitrogens is 4. The van der Waals surface area contributed by atoms with Crippen molar-refractivity contribution >= 4 is 17.2 Å². The van der Waals surface area contributed by atoms with Crippen LogP contribution >= 0.6 is 11.3 Å². The first kappa shape index (κ1) is 20.9. The topological polar surface area (TPSA) is 72.7 Å². The van der Waals surface area contributed by atoms with Crippen LogP contribution in [0.25, 0.3) is 16.4 Å². The van der Waals surface area contributed by atoms with Crippen molar-refractivity contribution in [3.8, 4) is 16.4 Å². The zero-order valence-corrected chi connectivity index (χ0v) is 19.0. The molecule has 6 nitrogen and oxygen atoms in total. The summed E-state index contributed by atoms with van der Waals surface area (Å²) in [6, 6.07) is 16.4. The van der Waals surface area contributed by atoms with E-state index in [4.69, 9.17) is 0 Å². The minimum atomic E-state index is -0.121. The fourth-order valence-corrected chi connectivity index (χ4v) is 4.34. The first-order valence-electron chi connectivity index (χ1n) is 10.3. The van der Waals surface area contributed by atoms with Crippen LogP contribution in [0.5, 0.6) is 0 Å². The molecule has 0 fully saturated rings. The minimum Gasteiger partial charge on any atom is -0.347 e. The van der Waals surface area contributed by atoms with Gasteiger partial charge < -0.3 is 5.32 Å². The van der Waals surface area contributed by atoms with Crippen LogP contribution in [0, 0.1) is 20.8 Å². The zero-order chi connectivity index (χ0) is 22.0. The van der Waals surface area contributed by atoms with E-state index < -0.39 is 0 Å². The van der Waals surface area contributed by atoms with E-state index in [2.05, 4.69) is 58.7 Å². The molecule has 0 bridgehead atoms. The smallest absolute Gasteiger partial charge is 0.263 e. The summed E-state index contributed by atoms with van der Waals surface area (Å²) in [7, 11) is 0. The highest BCUT2D eigenvalue weighted by molar-refractivity contribution is 7.17. The molecule has 2 heterocycles. The molecule has 0 aliphatic carbocycles. The molecule has 4 rings (SSSR count). The Morgan fingerprint density at radius 3 is 2.35 bits per heavy atom. The fraction of sp³-hybridized carbons (Fsp3) is 0.250. The van der Waals surface area contributed by atoms with Gasteiger partial charge in [-0.15, -0.1) is 16.4 Å². The monoisotopic (exact) mass is 431 g/mol. The first-order chi connectivity index (χ1) is 15.0. The average Bonchev–Trinajstić information content (AvgIpc) is 3.35. The predicted octanol–water partition coefficient (Wildman–Crippen LogP) is 4.81. The van der Waals surface area contributed by atoms with Gasteiger partial charge in [0.2, 0.25) is 0 Å². The molecule has 0 saturated carbocycles. The lowest BCUT2D eigenvalue weighted by molar-refractivity contribution is 0.0954. The van der Waals surface area contributed by atoms with Gasteiger partial charge in [0.15, 0.2) is 0 Å². The molecule has 0 aliphatic rings. The molecule has 1 N–H and O–H groups in total. The molecule has 0 atom stereocenters. The van der Waals surface area contributed by atoms with E-state index in [1.54, 1.807) is 4.68 Å². The molecule has 2 aromatic carbocycles. The van der Waals surface area contributed by atoms with E-state index >= 15 is 0 Å². The Balaban J connectivity index is 1.52. The summed E-state index contributed by atoms with van der Waals surface area (Å²) in [4.78, 5) is 18.0. The van der Waals surface area contributed by atoms with Crippen molar-refractivity contribution in [2.45, 2.75) is 40.7 Å². The van der Waals surface area contributed by atoms with Crippen LogP contribution in [0.1, 0.15) is 44.7 Å². The van der Waals surface area contributed by atoms with Gasteiger partial charge in [0, 0.05) is 6.54 Å². The zero-order valence-electron chi connectivity index (χ0n) is 18.1. The Morgan fingerprint density at radius 1 is 1.00 bits per heavy atom. The number of carbonyl (C=O) groups excluding carboxylic acids is 1. The van der Waals surface area contributed by atoms with E-state index in [0.717, 1.165) is 23.4 Å². The van der Waals surface area contributed by atoms with Gasteiger partial charge in [-0.3, -0.25) is 4.79 Å². The average molecular weight is 432 g/mol. The van der Waals surface area contributed by atoms with Gasteiger partial charge in [-0.25, -0.2) is 9.67 Å². The lowest BCUT2D eigenvalue weighted by atomic mass is 10.1. The Bertz CT molecular complexity index is 1210. The number of benzene rings is 2. The highest BCUT2D eigenvalue weighted by Gasteiger charge is 2.20. The molecule has 0 aliphatic heterocycles. The third kappa shape index (κ3) is 4.41. The normalized spacial score (nSPS) is 11.0. The largest absolute Gasteiger partial charge is 0.347 e. The van der Waals surface area contributed by atoms with Crippen molar-refractivity contribution < 1.29 is 4.79 Å². The van der Waals surface area contributed by atoms with Gasteiger partial charge in [0.25, 0.3) is 5.91 Å². The molecular formula is C24H25N5OS. The Labute approximate surface area is 186 Å². The molecule has 7 heteroatoms. The van der Waals surface area contributed by atoms with Crippen molar-refractivity contribution in [1.82, 2.24) is 25.3 Å². The number of thiazole rings is 1. The third-order valence-corrected chi connectivity index (χ3v) is 6.43. The molecule has 158 valence electrons. The fourth-order valence-electron chi connectivity index (χ4n) is 3.32. The van der Waals surface area contributed by atoms with Gasteiger partial charge in [-0.05, 0) is 50.5 Å². The minimum absolute atomic E-state index is 0.121. The highest BCUT2D eigenvalue weighted by atomic mass is 32.1. The van der Waals surface area contributed by atoms with Crippen LogP contribution in [0.3, 0.4) is 0 Å². The molecule has 2 aromatic heterocycles. The SMILES string of the molecule is CCc1ccc(CNC(=O)c2sc(-c3nnn(-c4ccc(C)cc4)c3C)nc2C)cc1. The van der Waals surface area contributed by atoms with Gasteiger partial charge in [-0.1, -0.05) is 54.1 Å². The van der Waals surface area contributed by atoms with E-state index in [1.807, 2.05) is 38.1 Å². The second-order valence-electron chi connectivity index (χ2n) is 7.56. The van der Waals surface area contributed by atoms with E-state index in [-0.39, 0.29) is 5.91 Å². The second-order valence-corrected chi connectivity index (χ2v) is 8.56. The van der Waals surface area contributed by atoms with E-state index in [0.29, 0.717) is 27.8 Å². The number of hydrogen-bond donors (Lipinski definition) is 1. The maximum Gasteiger partial charge on any atom is 0.263 e. The predicted molar refractivity (Wildman–Crippen MR) is 124 cm³/mol. The van der Waals surface area contributed by atoms with Crippen molar-refractivity contribution in [2.75, 3.05) is 0 Å². The first-order valence-corrected chi connectivity index (χ1v) is 11.1. The van der Waals surface area contributed by atoms with Gasteiger partial charge in [0.1, 0.15) is 15.6 Å². The van der Waals surface area contributed by atoms with Crippen LogP contribution in [0.4, 0.5) is 0 Å². The van der Waals surface area contributed by atoms with E-state index in [1.165, 1.54) is 22.5 Å². The van der Waals surface area contributed by atoms with Crippen LogP contribution in [0.15, 0.2) is 48.5 Å². The Morgan fingerprint density at radius 2 is 1.68 bits per heavy atom. The Hall–Kier alpha value is -3.32. The van der Waals surface area contributed by atoms with E-state index in [9.17, 15) is 4.79 Å². The summed E-state index contributed by atoms with van der Waals surface area (Å²) >= 11 is 1.35. The second kappa shape index (κ2) is 8.81. The summed E-state index contributed by atoms with van der Waals surface area (Å²) in [5.41, 5.74) is 6.78. The number of hydrogen-bond acceptors (Lipinski definition) is 5. The highest BCUT2D eigenvalue weighted by Crippen LogP contribution is 2.29. The number of nitrogens with zero attached hydrogens (tertiary/aromatic N) is 4. The summed E-state index contributed by atoms with van der Waals surface area (Å²) in [6.07, 6.45) is 1.00. The van der Waals surface area contributed by atoms with Crippen LogP contribution < -0.4 is 5.32 Å². The molecule has 4 aromatic rings. The molecule has 0 saturated heterocycles. The number of aryl methyl sites for hydroxylation is 3. The standard InChI is InChI=1S/C24H25N5OS/c1-5-18-8-10-19(11-9-18)14-25-23(30)22-16(3)26-24(31-22)21-17(4)29(28-27-21)20-12-6-15(2)7-13-20/h6-13H,5,14H2,1-4H3,(H,25,30). The van der Waals surface area contributed by atoms with Crippen LogP contribution in [0.2, 0.25) is 0 Å². The molecular weight excluding hydrogens is 406 g/mol. The summed E-state index contributed by atoms with van der Waals surface area (Å²) in [5, 5.41) is 12.3. The molecule has 1 amide bonds. The van der Waals surface area contributed by atoms with Crippen molar-refractivity contribution in [1.29, 1.82) is 0 Å². The van der Waals surface area contributed by atoms with Crippen LogP contribution in [-0.4, -0.2) is 25.9 Å². The van der Waals surface area contributed by atoms with Gasteiger partial charge >= 0.3 is 0 Å². The number of rotatable bonds is 6. The molecule has 0 radical (unpaired) electrons. The number of carbonyl (C=O) groups is 1. The molecule has 0 spiro atoms. The third-order valence-electron chi connectivity index (χ3n) is 5.26. The number of nitrogens with one attached hydrogen (secondary N) is 1. The van der Waals surface area contributed by atoms with Crippen molar-refractivity contribution in [2.24, 2.45) is 0 Å². The summed E-state index contributed by atoms with van der Waals surface area (Å²) < 4.78 is 1.80.